The van der Waals surface area contributed by atoms with E-state index in [1.807, 2.05) is 0 Å². The molecule has 108 valence electrons. The fraction of sp³-hybridized carbons (Fsp3) is 1.00. The van der Waals surface area contributed by atoms with Crippen LogP contribution in [0.5, 0.6) is 0 Å². The van der Waals surface area contributed by atoms with Crippen molar-refractivity contribution in [1.29, 1.82) is 0 Å². The first-order valence-corrected chi connectivity index (χ1v) is 7.65. The topological polar surface area (TPSA) is 24.5 Å². The van der Waals surface area contributed by atoms with Gasteiger partial charge in [-0.15, -0.1) is 0 Å². The van der Waals surface area contributed by atoms with Crippen molar-refractivity contribution in [3.05, 3.63) is 0 Å². The van der Waals surface area contributed by atoms with Gasteiger partial charge in [-0.1, -0.05) is 34.1 Å². The van der Waals surface area contributed by atoms with Crippen LogP contribution in [0.3, 0.4) is 0 Å². The van der Waals surface area contributed by atoms with E-state index in [2.05, 4.69) is 44.8 Å². The van der Waals surface area contributed by atoms with Gasteiger partial charge in [0.15, 0.2) is 0 Å². The maximum Gasteiger partial charge on any atom is 0.0593 e. The van der Waals surface area contributed by atoms with E-state index < -0.39 is 0 Å². The molecule has 1 fully saturated rings. The number of rotatable bonds is 7. The monoisotopic (exact) mass is 256 g/mol. The largest absolute Gasteiger partial charge is 0.380 e. The van der Waals surface area contributed by atoms with Crippen molar-refractivity contribution < 1.29 is 4.74 Å². The van der Waals surface area contributed by atoms with Crippen LogP contribution in [0.1, 0.15) is 41.0 Å². The lowest BCUT2D eigenvalue weighted by molar-refractivity contribution is 0.0451. The average molecular weight is 256 g/mol. The number of hydrogen-bond donors (Lipinski definition) is 1. The molecule has 1 aliphatic rings. The minimum Gasteiger partial charge on any atom is -0.380 e. The number of ether oxygens (including phenoxy) is 1. The van der Waals surface area contributed by atoms with E-state index in [0.717, 1.165) is 32.2 Å². The molecule has 18 heavy (non-hydrogen) atoms. The van der Waals surface area contributed by atoms with Gasteiger partial charge in [0, 0.05) is 38.3 Å². The Kier molecular flexibility index (Phi) is 7.20. The van der Waals surface area contributed by atoms with E-state index in [1.165, 1.54) is 13.0 Å². The van der Waals surface area contributed by atoms with Gasteiger partial charge in [-0.25, -0.2) is 0 Å². The van der Waals surface area contributed by atoms with Crippen molar-refractivity contribution >= 4 is 0 Å². The summed E-state index contributed by atoms with van der Waals surface area (Å²) in [6, 6.07) is 1.30. The number of piperazine rings is 1. The van der Waals surface area contributed by atoms with Crippen LogP contribution in [0.4, 0.5) is 0 Å². The Morgan fingerprint density at radius 1 is 1.28 bits per heavy atom. The van der Waals surface area contributed by atoms with Gasteiger partial charge in [-0.2, -0.15) is 0 Å². The van der Waals surface area contributed by atoms with Crippen molar-refractivity contribution in [3.8, 4) is 0 Å². The smallest absolute Gasteiger partial charge is 0.0593 e. The van der Waals surface area contributed by atoms with Crippen LogP contribution in [0.15, 0.2) is 0 Å². The Labute approximate surface area is 113 Å². The molecule has 0 amide bonds. The van der Waals surface area contributed by atoms with Crippen molar-refractivity contribution in [1.82, 2.24) is 10.2 Å². The van der Waals surface area contributed by atoms with Gasteiger partial charge in [0.2, 0.25) is 0 Å². The lowest BCUT2D eigenvalue weighted by Crippen LogP contribution is -2.60. The zero-order chi connectivity index (χ0) is 13.5. The van der Waals surface area contributed by atoms with E-state index in [9.17, 15) is 0 Å². The Balaban J connectivity index is 2.52. The predicted octanol–water partition coefficient (Wildman–Crippen LogP) is 2.37. The van der Waals surface area contributed by atoms with Crippen LogP contribution < -0.4 is 5.32 Å². The molecule has 3 unspecified atom stereocenters. The zero-order valence-corrected chi connectivity index (χ0v) is 12.9. The Morgan fingerprint density at radius 3 is 2.56 bits per heavy atom. The van der Waals surface area contributed by atoms with Gasteiger partial charge in [0.25, 0.3) is 0 Å². The Bertz CT molecular complexity index is 221. The highest BCUT2D eigenvalue weighted by Gasteiger charge is 2.31. The average Bonchev–Trinajstić information content (AvgIpc) is 2.37. The highest BCUT2D eigenvalue weighted by molar-refractivity contribution is 4.89. The summed E-state index contributed by atoms with van der Waals surface area (Å²) in [5, 5.41) is 3.74. The third-order valence-corrected chi connectivity index (χ3v) is 4.32. The molecule has 1 saturated heterocycles. The summed E-state index contributed by atoms with van der Waals surface area (Å²) in [6.45, 7) is 16.4. The van der Waals surface area contributed by atoms with Gasteiger partial charge in [-0.3, -0.25) is 4.90 Å². The summed E-state index contributed by atoms with van der Waals surface area (Å²) in [6.07, 6.45) is 1.25. The summed E-state index contributed by atoms with van der Waals surface area (Å²) >= 11 is 0. The lowest BCUT2D eigenvalue weighted by atomic mass is 9.92. The SMILES string of the molecule is CCOCCN1CC(C(C)CC)NCC1C(C)C. The summed E-state index contributed by atoms with van der Waals surface area (Å²) in [5.41, 5.74) is 0. The van der Waals surface area contributed by atoms with E-state index in [-0.39, 0.29) is 0 Å². The fourth-order valence-corrected chi connectivity index (χ4v) is 2.76. The predicted molar refractivity (Wildman–Crippen MR) is 77.9 cm³/mol. The van der Waals surface area contributed by atoms with Crippen LogP contribution in [-0.4, -0.2) is 49.8 Å². The Hall–Kier alpha value is -0.120. The van der Waals surface area contributed by atoms with Crippen LogP contribution in [0.25, 0.3) is 0 Å². The van der Waals surface area contributed by atoms with E-state index in [0.29, 0.717) is 18.0 Å². The van der Waals surface area contributed by atoms with E-state index >= 15 is 0 Å². The maximum absolute atomic E-state index is 5.52. The number of nitrogens with one attached hydrogen (secondary N) is 1. The first-order chi connectivity index (χ1) is 8.60. The second-order valence-corrected chi connectivity index (χ2v) is 5.90. The van der Waals surface area contributed by atoms with Gasteiger partial charge >= 0.3 is 0 Å². The van der Waals surface area contributed by atoms with Crippen LogP contribution in [0.2, 0.25) is 0 Å². The molecule has 3 atom stereocenters. The molecule has 0 bridgehead atoms. The molecular weight excluding hydrogens is 224 g/mol. The highest BCUT2D eigenvalue weighted by Crippen LogP contribution is 2.19. The molecule has 0 aromatic heterocycles. The van der Waals surface area contributed by atoms with Gasteiger partial charge < -0.3 is 10.1 Å². The molecule has 0 aromatic carbocycles. The molecule has 1 rings (SSSR count). The van der Waals surface area contributed by atoms with Crippen molar-refractivity contribution in [2.45, 2.75) is 53.1 Å². The molecule has 3 nitrogen and oxygen atoms in total. The third kappa shape index (κ3) is 4.52. The molecule has 0 saturated carbocycles. The summed E-state index contributed by atoms with van der Waals surface area (Å²) in [5.74, 6) is 1.46. The zero-order valence-electron chi connectivity index (χ0n) is 12.9. The quantitative estimate of drug-likeness (QED) is 0.708. The minimum atomic E-state index is 0.645. The molecule has 0 radical (unpaired) electrons. The van der Waals surface area contributed by atoms with Gasteiger partial charge in [-0.05, 0) is 18.8 Å². The summed E-state index contributed by atoms with van der Waals surface area (Å²) < 4.78 is 5.52. The number of nitrogens with zero attached hydrogens (tertiary/aromatic N) is 1. The van der Waals surface area contributed by atoms with E-state index in [1.54, 1.807) is 0 Å². The molecule has 0 spiro atoms. The van der Waals surface area contributed by atoms with Crippen molar-refractivity contribution in [2.75, 3.05) is 32.8 Å². The number of hydrogen-bond acceptors (Lipinski definition) is 3. The third-order valence-electron chi connectivity index (χ3n) is 4.32. The molecule has 1 N–H and O–H groups in total. The van der Waals surface area contributed by atoms with Crippen LogP contribution in [0, 0.1) is 11.8 Å². The van der Waals surface area contributed by atoms with E-state index in [4.69, 9.17) is 4.74 Å². The molecular formula is C15H32N2O. The van der Waals surface area contributed by atoms with Crippen molar-refractivity contribution in [3.63, 3.8) is 0 Å². The van der Waals surface area contributed by atoms with Gasteiger partial charge in [0.05, 0.1) is 6.61 Å². The molecule has 1 heterocycles. The maximum atomic E-state index is 5.52. The second-order valence-electron chi connectivity index (χ2n) is 5.90. The normalized spacial score (nSPS) is 27.7. The van der Waals surface area contributed by atoms with Crippen LogP contribution in [-0.2, 0) is 4.74 Å². The lowest BCUT2D eigenvalue weighted by Gasteiger charge is -2.44. The minimum absolute atomic E-state index is 0.645. The summed E-state index contributed by atoms with van der Waals surface area (Å²) in [7, 11) is 0. The highest BCUT2D eigenvalue weighted by atomic mass is 16.5. The van der Waals surface area contributed by atoms with Crippen LogP contribution >= 0.6 is 0 Å². The standard InChI is InChI=1S/C15H32N2O/c1-6-13(5)14-11-17(8-9-18-7-2)15(10-16-14)12(3)4/h12-16H,6-11H2,1-5H3. The van der Waals surface area contributed by atoms with Crippen molar-refractivity contribution in [2.24, 2.45) is 11.8 Å². The molecule has 1 aliphatic heterocycles. The van der Waals surface area contributed by atoms with Gasteiger partial charge in [0.1, 0.15) is 0 Å². The second kappa shape index (κ2) is 8.13. The fourth-order valence-electron chi connectivity index (χ4n) is 2.76. The summed E-state index contributed by atoms with van der Waals surface area (Å²) in [4.78, 5) is 2.63. The first-order valence-electron chi connectivity index (χ1n) is 7.65. The Morgan fingerprint density at radius 2 is 2.00 bits per heavy atom. The molecule has 0 aromatic rings. The molecule has 0 aliphatic carbocycles. The molecule has 3 heteroatoms. The first kappa shape index (κ1) is 15.9.